The number of aromatic nitrogens is 2. The van der Waals surface area contributed by atoms with E-state index in [1.54, 1.807) is 37.3 Å². The van der Waals surface area contributed by atoms with Gasteiger partial charge in [-0.1, -0.05) is 18.2 Å². The molecule has 0 saturated carbocycles. The second kappa shape index (κ2) is 9.51. The molecule has 1 aromatic heterocycles. The Bertz CT molecular complexity index is 1100. The van der Waals surface area contributed by atoms with Crippen LogP contribution in [0.15, 0.2) is 54.9 Å². The van der Waals surface area contributed by atoms with E-state index in [0.717, 1.165) is 0 Å². The molecule has 0 atom stereocenters. The molecular weight excluding hydrogens is 411 g/mol. The highest BCUT2D eigenvalue weighted by atomic mass is 19.1. The number of ether oxygens (including phenoxy) is 1. The Labute approximate surface area is 185 Å². The van der Waals surface area contributed by atoms with Crippen LogP contribution in [-0.2, 0) is 4.74 Å². The van der Waals surface area contributed by atoms with Gasteiger partial charge in [0.05, 0.1) is 17.9 Å². The van der Waals surface area contributed by atoms with E-state index in [1.807, 2.05) is 17.0 Å². The second-order valence-corrected chi connectivity index (χ2v) is 7.31. The summed E-state index contributed by atoms with van der Waals surface area (Å²) in [6.45, 7) is 4.66. The van der Waals surface area contributed by atoms with Gasteiger partial charge in [0.15, 0.2) is 11.6 Å². The van der Waals surface area contributed by atoms with Crippen molar-refractivity contribution in [3.63, 3.8) is 0 Å². The van der Waals surface area contributed by atoms with Crippen LogP contribution in [0.4, 0.5) is 33.1 Å². The van der Waals surface area contributed by atoms with Crippen LogP contribution in [0.3, 0.4) is 0 Å². The number of hydrogen-bond donors (Lipinski definition) is 2. The minimum absolute atomic E-state index is 0.223. The van der Waals surface area contributed by atoms with E-state index in [1.165, 1.54) is 12.4 Å². The van der Waals surface area contributed by atoms with Gasteiger partial charge in [-0.15, -0.1) is 0 Å². The number of carbonyl (C=O) groups excluding carboxylic acids is 1. The molecule has 1 saturated heterocycles. The molecule has 0 bridgehead atoms. The number of anilines is 5. The summed E-state index contributed by atoms with van der Waals surface area (Å²) in [7, 11) is 0. The van der Waals surface area contributed by atoms with Crippen molar-refractivity contribution in [2.24, 2.45) is 0 Å². The van der Waals surface area contributed by atoms with E-state index in [0.29, 0.717) is 67.0 Å². The van der Waals surface area contributed by atoms with E-state index in [4.69, 9.17) is 10.5 Å². The highest BCUT2D eigenvalue weighted by molar-refractivity contribution is 5.91. The number of rotatable bonds is 6. The molecule has 0 radical (unpaired) electrons. The van der Waals surface area contributed by atoms with Crippen LogP contribution in [-0.4, -0.2) is 48.7 Å². The molecule has 1 aliphatic rings. The largest absolute Gasteiger partial charge is 0.462 e. The first-order chi connectivity index (χ1) is 15.6. The standard InChI is InChI=1S/C23H25FN6O2/c1-2-32-23(31)16-6-5-7-17(14-16)28-21-20(25)22(27-15-26-21)30-12-10-29(11-13-30)19-9-4-3-8-18(19)24/h3-9,14-15H,2,10-13,25H2,1H3,(H,26,27,28). The van der Waals surface area contributed by atoms with Crippen molar-refractivity contribution in [3.05, 3.63) is 66.2 Å². The van der Waals surface area contributed by atoms with E-state index >= 15 is 0 Å². The average molecular weight is 436 g/mol. The third-order valence-corrected chi connectivity index (χ3v) is 5.27. The lowest BCUT2D eigenvalue weighted by Gasteiger charge is -2.37. The van der Waals surface area contributed by atoms with E-state index in [9.17, 15) is 9.18 Å². The highest BCUT2D eigenvalue weighted by Crippen LogP contribution is 2.30. The van der Waals surface area contributed by atoms with Crippen molar-refractivity contribution in [1.29, 1.82) is 0 Å². The number of nitrogens with zero attached hydrogens (tertiary/aromatic N) is 4. The maximum atomic E-state index is 14.1. The maximum Gasteiger partial charge on any atom is 0.338 e. The smallest absolute Gasteiger partial charge is 0.338 e. The van der Waals surface area contributed by atoms with Gasteiger partial charge in [-0.05, 0) is 37.3 Å². The minimum atomic E-state index is -0.389. The van der Waals surface area contributed by atoms with Gasteiger partial charge in [-0.2, -0.15) is 0 Å². The van der Waals surface area contributed by atoms with Crippen LogP contribution in [0.25, 0.3) is 0 Å². The monoisotopic (exact) mass is 436 g/mol. The Morgan fingerprint density at radius 1 is 1.09 bits per heavy atom. The third kappa shape index (κ3) is 4.56. The zero-order valence-corrected chi connectivity index (χ0v) is 17.8. The first-order valence-corrected chi connectivity index (χ1v) is 10.5. The van der Waals surface area contributed by atoms with Crippen molar-refractivity contribution < 1.29 is 13.9 Å². The molecule has 1 fully saturated rings. The molecule has 1 aliphatic heterocycles. The number of esters is 1. The van der Waals surface area contributed by atoms with Gasteiger partial charge < -0.3 is 25.6 Å². The zero-order chi connectivity index (χ0) is 22.5. The van der Waals surface area contributed by atoms with Gasteiger partial charge in [0.2, 0.25) is 0 Å². The van der Waals surface area contributed by atoms with Crippen molar-refractivity contribution in [1.82, 2.24) is 9.97 Å². The molecule has 0 amide bonds. The lowest BCUT2D eigenvalue weighted by Crippen LogP contribution is -2.47. The van der Waals surface area contributed by atoms with Crippen LogP contribution >= 0.6 is 0 Å². The molecule has 0 aliphatic carbocycles. The second-order valence-electron chi connectivity index (χ2n) is 7.31. The molecule has 4 rings (SSSR count). The number of carbonyl (C=O) groups is 1. The van der Waals surface area contributed by atoms with Crippen LogP contribution in [0, 0.1) is 5.82 Å². The lowest BCUT2D eigenvalue weighted by atomic mass is 10.2. The number of nitrogens with two attached hydrogens (primary N) is 1. The van der Waals surface area contributed by atoms with Crippen LogP contribution in [0.2, 0.25) is 0 Å². The Morgan fingerprint density at radius 2 is 1.84 bits per heavy atom. The fourth-order valence-corrected chi connectivity index (χ4v) is 3.68. The van der Waals surface area contributed by atoms with Crippen LogP contribution in [0.1, 0.15) is 17.3 Å². The summed E-state index contributed by atoms with van der Waals surface area (Å²) in [5.41, 5.74) is 8.50. The van der Waals surface area contributed by atoms with Gasteiger partial charge in [-0.3, -0.25) is 0 Å². The highest BCUT2D eigenvalue weighted by Gasteiger charge is 2.23. The zero-order valence-electron chi connectivity index (χ0n) is 17.8. The molecule has 2 heterocycles. The summed E-state index contributed by atoms with van der Waals surface area (Å²) in [5.74, 6) is 0.462. The summed E-state index contributed by atoms with van der Waals surface area (Å²) in [6, 6.07) is 13.7. The van der Waals surface area contributed by atoms with Crippen LogP contribution in [0.5, 0.6) is 0 Å². The van der Waals surface area contributed by atoms with Gasteiger partial charge >= 0.3 is 5.97 Å². The number of hydrogen-bond acceptors (Lipinski definition) is 8. The Kier molecular flexibility index (Phi) is 6.34. The summed E-state index contributed by atoms with van der Waals surface area (Å²) in [5, 5.41) is 3.16. The summed E-state index contributed by atoms with van der Waals surface area (Å²) < 4.78 is 19.2. The molecule has 8 nitrogen and oxygen atoms in total. The van der Waals surface area contributed by atoms with E-state index in [-0.39, 0.29) is 11.8 Å². The normalized spacial score (nSPS) is 13.7. The lowest BCUT2D eigenvalue weighted by molar-refractivity contribution is 0.0526. The fourth-order valence-electron chi connectivity index (χ4n) is 3.68. The molecule has 32 heavy (non-hydrogen) atoms. The van der Waals surface area contributed by atoms with E-state index in [2.05, 4.69) is 20.2 Å². The maximum absolute atomic E-state index is 14.1. The van der Waals surface area contributed by atoms with Crippen molar-refractivity contribution in [2.45, 2.75) is 6.92 Å². The minimum Gasteiger partial charge on any atom is -0.462 e. The number of nitrogen functional groups attached to an aromatic ring is 1. The number of nitrogens with one attached hydrogen (secondary N) is 1. The van der Waals surface area contributed by atoms with Crippen LogP contribution < -0.4 is 20.9 Å². The fraction of sp³-hybridized carbons (Fsp3) is 0.261. The number of halogens is 1. The summed E-state index contributed by atoms with van der Waals surface area (Å²) in [6.07, 6.45) is 1.45. The Hall–Kier alpha value is -3.88. The van der Waals surface area contributed by atoms with Gasteiger partial charge in [0, 0.05) is 31.9 Å². The first-order valence-electron chi connectivity index (χ1n) is 10.5. The van der Waals surface area contributed by atoms with E-state index < -0.39 is 0 Å². The van der Waals surface area contributed by atoms with Crippen molar-refractivity contribution in [2.75, 3.05) is 53.6 Å². The van der Waals surface area contributed by atoms with Crippen molar-refractivity contribution >= 4 is 34.7 Å². The predicted molar refractivity (Wildman–Crippen MR) is 123 cm³/mol. The molecule has 9 heteroatoms. The number of benzene rings is 2. The molecule has 2 aromatic carbocycles. The molecule has 0 unspecified atom stereocenters. The SMILES string of the molecule is CCOC(=O)c1cccc(Nc2ncnc(N3CCN(c4ccccc4F)CC3)c2N)c1. The molecule has 166 valence electrons. The van der Waals surface area contributed by atoms with Crippen molar-refractivity contribution in [3.8, 4) is 0 Å². The third-order valence-electron chi connectivity index (χ3n) is 5.27. The quantitative estimate of drug-likeness (QED) is 0.567. The first kappa shape index (κ1) is 21.4. The van der Waals surface area contributed by atoms with Gasteiger partial charge in [0.25, 0.3) is 0 Å². The number of piperazine rings is 1. The molecular formula is C23H25FN6O2. The Balaban J connectivity index is 1.47. The average Bonchev–Trinajstić information content (AvgIpc) is 2.81. The summed E-state index contributed by atoms with van der Waals surface area (Å²) >= 11 is 0. The predicted octanol–water partition coefficient (Wildman–Crippen LogP) is 3.44. The van der Waals surface area contributed by atoms with Gasteiger partial charge in [0.1, 0.15) is 17.8 Å². The van der Waals surface area contributed by atoms with Gasteiger partial charge in [-0.25, -0.2) is 19.2 Å². The number of para-hydroxylation sites is 1. The summed E-state index contributed by atoms with van der Waals surface area (Å²) in [4.78, 5) is 24.7. The molecule has 3 aromatic rings. The topological polar surface area (TPSA) is 96.6 Å². The Morgan fingerprint density at radius 3 is 2.59 bits per heavy atom. The molecule has 0 spiro atoms. The molecule has 3 N–H and O–H groups in total.